The van der Waals surface area contributed by atoms with Crippen LogP contribution in [0.15, 0.2) is 17.4 Å². The molecule has 2 rings (SSSR count). The van der Waals surface area contributed by atoms with Crippen molar-refractivity contribution in [3.63, 3.8) is 0 Å². The maximum absolute atomic E-state index is 5.77. The summed E-state index contributed by atoms with van der Waals surface area (Å²) in [7, 11) is 0. The largest absolute Gasteiger partial charge is 0.473 e. The highest BCUT2D eigenvalue weighted by molar-refractivity contribution is 7.98. The summed E-state index contributed by atoms with van der Waals surface area (Å²) in [5.41, 5.74) is 0. The maximum atomic E-state index is 5.77. The third kappa shape index (κ3) is 3.07. The first kappa shape index (κ1) is 10.7. The van der Waals surface area contributed by atoms with E-state index in [-0.39, 0.29) is 6.10 Å². The van der Waals surface area contributed by atoms with Gasteiger partial charge in [0.15, 0.2) is 5.16 Å². The van der Waals surface area contributed by atoms with E-state index < -0.39 is 0 Å². The number of nitrogens with one attached hydrogen (secondary N) is 1. The van der Waals surface area contributed by atoms with Gasteiger partial charge in [0.25, 0.3) is 0 Å². The molecule has 1 saturated heterocycles. The molecule has 1 aromatic rings. The number of hydrogen-bond donors (Lipinski definition) is 1. The van der Waals surface area contributed by atoms with Crippen LogP contribution in [-0.2, 0) is 0 Å². The SMILES string of the molecule is CSc1nccc(OC2CCCNC2)n1. The summed E-state index contributed by atoms with van der Waals surface area (Å²) in [6.45, 7) is 2.01. The van der Waals surface area contributed by atoms with E-state index in [1.807, 2.05) is 12.3 Å². The lowest BCUT2D eigenvalue weighted by molar-refractivity contribution is 0.159. The minimum absolute atomic E-state index is 0.253. The fraction of sp³-hybridized carbons (Fsp3) is 0.600. The molecule has 1 aromatic heterocycles. The Bertz CT molecular complexity index is 315. The number of ether oxygens (including phenoxy) is 1. The van der Waals surface area contributed by atoms with E-state index in [0.29, 0.717) is 5.88 Å². The summed E-state index contributed by atoms with van der Waals surface area (Å²) in [4.78, 5) is 8.39. The predicted octanol–water partition coefficient (Wildman–Crippen LogP) is 1.33. The van der Waals surface area contributed by atoms with Gasteiger partial charge in [0, 0.05) is 18.8 Å². The Kier molecular flexibility index (Phi) is 3.80. The molecule has 82 valence electrons. The highest BCUT2D eigenvalue weighted by atomic mass is 32.2. The van der Waals surface area contributed by atoms with E-state index in [1.54, 1.807) is 6.20 Å². The zero-order chi connectivity index (χ0) is 10.5. The second-order valence-corrected chi connectivity index (χ2v) is 4.24. The van der Waals surface area contributed by atoms with Crippen LogP contribution in [0.25, 0.3) is 0 Å². The molecule has 0 bridgehead atoms. The summed E-state index contributed by atoms with van der Waals surface area (Å²) >= 11 is 1.53. The van der Waals surface area contributed by atoms with Gasteiger partial charge in [0.05, 0.1) is 0 Å². The van der Waals surface area contributed by atoms with Crippen LogP contribution in [0.5, 0.6) is 5.88 Å². The van der Waals surface area contributed by atoms with Crippen molar-refractivity contribution in [2.75, 3.05) is 19.3 Å². The molecule has 1 aliphatic rings. The lowest BCUT2D eigenvalue weighted by Crippen LogP contribution is -2.37. The van der Waals surface area contributed by atoms with Gasteiger partial charge in [-0.25, -0.2) is 4.98 Å². The van der Waals surface area contributed by atoms with Gasteiger partial charge >= 0.3 is 0 Å². The molecular weight excluding hydrogens is 210 g/mol. The van der Waals surface area contributed by atoms with Crippen molar-refractivity contribution in [3.05, 3.63) is 12.3 Å². The maximum Gasteiger partial charge on any atom is 0.217 e. The molecule has 1 fully saturated rings. The van der Waals surface area contributed by atoms with Crippen molar-refractivity contribution in [3.8, 4) is 5.88 Å². The lowest BCUT2D eigenvalue weighted by atomic mass is 10.1. The van der Waals surface area contributed by atoms with E-state index >= 15 is 0 Å². The van der Waals surface area contributed by atoms with Gasteiger partial charge < -0.3 is 10.1 Å². The van der Waals surface area contributed by atoms with Crippen LogP contribution in [0, 0.1) is 0 Å². The summed E-state index contributed by atoms with van der Waals surface area (Å²) in [6, 6.07) is 1.81. The molecule has 15 heavy (non-hydrogen) atoms. The van der Waals surface area contributed by atoms with Crippen LogP contribution < -0.4 is 10.1 Å². The normalized spacial score (nSPS) is 21.3. The quantitative estimate of drug-likeness (QED) is 0.621. The number of rotatable bonds is 3. The van der Waals surface area contributed by atoms with Gasteiger partial charge in [-0.1, -0.05) is 11.8 Å². The first-order chi connectivity index (χ1) is 7.38. The van der Waals surface area contributed by atoms with E-state index in [0.717, 1.165) is 24.7 Å². The van der Waals surface area contributed by atoms with Crippen molar-refractivity contribution in [2.45, 2.75) is 24.1 Å². The molecule has 0 spiro atoms. The topological polar surface area (TPSA) is 47.0 Å². The van der Waals surface area contributed by atoms with Crippen molar-refractivity contribution in [1.29, 1.82) is 0 Å². The molecule has 5 heteroatoms. The van der Waals surface area contributed by atoms with Gasteiger partial charge in [-0.3, -0.25) is 0 Å². The average Bonchev–Trinajstić information content (AvgIpc) is 2.31. The van der Waals surface area contributed by atoms with Crippen molar-refractivity contribution >= 4 is 11.8 Å². The number of aromatic nitrogens is 2. The minimum Gasteiger partial charge on any atom is -0.473 e. The number of nitrogens with zero attached hydrogens (tertiary/aromatic N) is 2. The average molecular weight is 225 g/mol. The van der Waals surface area contributed by atoms with Crippen LogP contribution in [-0.4, -0.2) is 35.4 Å². The van der Waals surface area contributed by atoms with Crippen LogP contribution >= 0.6 is 11.8 Å². The summed E-state index contributed by atoms with van der Waals surface area (Å²) in [5.74, 6) is 0.683. The van der Waals surface area contributed by atoms with Crippen LogP contribution in [0.2, 0.25) is 0 Å². The minimum atomic E-state index is 0.253. The molecule has 4 nitrogen and oxygen atoms in total. The lowest BCUT2D eigenvalue weighted by Gasteiger charge is -2.23. The second kappa shape index (κ2) is 5.32. The highest BCUT2D eigenvalue weighted by Crippen LogP contribution is 2.15. The van der Waals surface area contributed by atoms with Gasteiger partial charge in [0.2, 0.25) is 5.88 Å². The zero-order valence-electron chi connectivity index (χ0n) is 8.77. The molecule has 0 amide bonds. The molecule has 2 heterocycles. The monoisotopic (exact) mass is 225 g/mol. The predicted molar refractivity (Wildman–Crippen MR) is 60.3 cm³/mol. The molecule has 0 aliphatic carbocycles. The second-order valence-electron chi connectivity index (χ2n) is 3.47. The standard InChI is InChI=1S/C10H15N3OS/c1-15-10-12-6-4-9(13-10)14-8-3-2-5-11-7-8/h4,6,8,11H,2-3,5,7H2,1H3. The first-order valence-electron chi connectivity index (χ1n) is 5.13. The Morgan fingerprint density at radius 1 is 1.60 bits per heavy atom. The number of thioether (sulfide) groups is 1. The molecule has 1 N–H and O–H groups in total. The fourth-order valence-electron chi connectivity index (χ4n) is 1.58. The fourth-order valence-corrected chi connectivity index (χ4v) is 1.93. The van der Waals surface area contributed by atoms with Crippen LogP contribution in [0.3, 0.4) is 0 Å². The number of piperidine rings is 1. The van der Waals surface area contributed by atoms with Crippen molar-refractivity contribution < 1.29 is 4.74 Å². The third-order valence-corrected chi connectivity index (χ3v) is 2.89. The molecule has 1 unspecified atom stereocenters. The van der Waals surface area contributed by atoms with Gasteiger partial charge in [-0.15, -0.1) is 0 Å². The smallest absolute Gasteiger partial charge is 0.217 e. The number of hydrogen-bond acceptors (Lipinski definition) is 5. The molecule has 1 atom stereocenters. The summed E-state index contributed by atoms with van der Waals surface area (Å²) in [6.07, 6.45) is 6.23. The Balaban J connectivity index is 1.96. The molecule has 1 aliphatic heterocycles. The van der Waals surface area contributed by atoms with E-state index in [2.05, 4.69) is 15.3 Å². The Morgan fingerprint density at radius 3 is 3.27 bits per heavy atom. The summed E-state index contributed by atoms with van der Waals surface area (Å²) < 4.78 is 5.77. The Hall–Kier alpha value is -0.810. The molecule has 0 aromatic carbocycles. The van der Waals surface area contributed by atoms with E-state index in [9.17, 15) is 0 Å². The van der Waals surface area contributed by atoms with Crippen molar-refractivity contribution in [2.24, 2.45) is 0 Å². The van der Waals surface area contributed by atoms with E-state index in [1.165, 1.54) is 18.2 Å². The van der Waals surface area contributed by atoms with Gasteiger partial charge in [-0.05, 0) is 25.6 Å². The summed E-state index contributed by atoms with van der Waals surface area (Å²) in [5, 5.41) is 4.07. The van der Waals surface area contributed by atoms with Gasteiger partial charge in [-0.2, -0.15) is 4.98 Å². The zero-order valence-corrected chi connectivity index (χ0v) is 9.59. The van der Waals surface area contributed by atoms with Crippen LogP contribution in [0.4, 0.5) is 0 Å². The Morgan fingerprint density at radius 2 is 2.53 bits per heavy atom. The first-order valence-corrected chi connectivity index (χ1v) is 6.35. The third-order valence-electron chi connectivity index (χ3n) is 2.33. The van der Waals surface area contributed by atoms with E-state index in [4.69, 9.17) is 4.74 Å². The molecule has 0 radical (unpaired) electrons. The molecular formula is C10H15N3OS. The highest BCUT2D eigenvalue weighted by Gasteiger charge is 2.14. The van der Waals surface area contributed by atoms with Gasteiger partial charge in [0.1, 0.15) is 6.10 Å². The van der Waals surface area contributed by atoms with Crippen molar-refractivity contribution in [1.82, 2.24) is 15.3 Å². The molecule has 0 saturated carbocycles. The Labute approximate surface area is 93.8 Å². The van der Waals surface area contributed by atoms with Crippen LogP contribution in [0.1, 0.15) is 12.8 Å².